The minimum Gasteiger partial charge on any atom is -0.145 e. The van der Waals surface area contributed by atoms with Gasteiger partial charge in [-0.05, 0) is 25.5 Å². The quantitative estimate of drug-likeness (QED) is 0.354. The van der Waals surface area contributed by atoms with E-state index in [9.17, 15) is 0 Å². The number of hydrogen-bond acceptors (Lipinski definition) is 1. The molecule has 0 spiro atoms. The summed E-state index contributed by atoms with van der Waals surface area (Å²) in [6.45, 7) is 4.46. The van der Waals surface area contributed by atoms with Crippen molar-refractivity contribution in [3.63, 3.8) is 0 Å². The Bertz CT molecular complexity index is 293. The lowest BCUT2D eigenvalue weighted by molar-refractivity contribution is 0.575. The Hall–Kier alpha value is 0.180. The molecular formula is C15H25BrS. The van der Waals surface area contributed by atoms with Crippen molar-refractivity contribution in [3.8, 4) is 0 Å². The van der Waals surface area contributed by atoms with Gasteiger partial charge in [0.05, 0.1) is 0 Å². The molecule has 1 heterocycles. The second kappa shape index (κ2) is 9.16. The second-order valence-electron chi connectivity index (χ2n) is 4.83. The summed E-state index contributed by atoms with van der Waals surface area (Å²) in [5.74, 6) is 0. The molecule has 1 aromatic rings. The fourth-order valence-corrected chi connectivity index (χ4v) is 3.69. The summed E-state index contributed by atoms with van der Waals surface area (Å²) in [4.78, 5) is 3.49. The lowest BCUT2D eigenvalue weighted by Crippen LogP contribution is -1.87. The van der Waals surface area contributed by atoms with Crippen LogP contribution in [0.15, 0.2) is 12.1 Å². The zero-order valence-electron chi connectivity index (χ0n) is 11.2. The molecule has 0 aromatic carbocycles. The van der Waals surface area contributed by atoms with Crippen LogP contribution >= 0.6 is 27.3 Å². The summed E-state index contributed by atoms with van der Waals surface area (Å²) in [6.07, 6.45) is 11.1. The average molecular weight is 317 g/mol. The van der Waals surface area contributed by atoms with Crippen LogP contribution in [-0.2, 0) is 0 Å². The van der Waals surface area contributed by atoms with Crippen LogP contribution in [-0.4, -0.2) is 0 Å². The van der Waals surface area contributed by atoms with Gasteiger partial charge in [-0.15, -0.1) is 11.3 Å². The van der Waals surface area contributed by atoms with Gasteiger partial charge < -0.3 is 0 Å². The Balaban J connectivity index is 2.03. The van der Waals surface area contributed by atoms with E-state index in [0.29, 0.717) is 4.83 Å². The highest BCUT2D eigenvalue weighted by molar-refractivity contribution is 9.09. The Morgan fingerprint density at radius 3 is 2.29 bits per heavy atom. The second-order valence-corrected chi connectivity index (χ2v) is 7.25. The van der Waals surface area contributed by atoms with E-state index >= 15 is 0 Å². The standard InChI is InChI=1S/C15H25BrS/c1-3-4-5-6-7-8-9-10-14(16)15-12-11-13(2)17-15/h11-12,14H,3-10H2,1-2H3. The molecule has 1 aromatic heterocycles. The smallest absolute Gasteiger partial charge is 0.0489 e. The van der Waals surface area contributed by atoms with E-state index in [-0.39, 0.29) is 0 Å². The van der Waals surface area contributed by atoms with Crippen molar-refractivity contribution in [3.05, 3.63) is 21.9 Å². The van der Waals surface area contributed by atoms with E-state index in [2.05, 4.69) is 41.9 Å². The summed E-state index contributed by atoms with van der Waals surface area (Å²) in [5, 5.41) is 0. The van der Waals surface area contributed by atoms with Crippen molar-refractivity contribution in [2.24, 2.45) is 0 Å². The molecule has 0 saturated carbocycles. The van der Waals surface area contributed by atoms with E-state index in [4.69, 9.17) is 0 Å². The number of hydrogen-bond donors (Lipinski definition) is 0. The Kier molecular flexibility index (Phi) is 8.21. The number of unbranched alkanes of at least 4 members (excludes halogenated alkanes) is 6. The largest absolute Gasteiger partial charge is 0.145 e. The zero-order valence-corrected chi connectivity index (χ0v) is 13.6. The van der Waals surface area contributed by atoms with Crippen LogP contribution in [0.5, 0.6) is 0 Å². The SMILES string of the molecule is CCCCCCCCCC(Br)c1ccc(C)s1. The molecule has 17 heavy (non-hydrogen) atoms. The molecule has 0 fully saturated rings. The monoisotopic (exact) mass is 316 g/mol. The molecule has 1 atom stereocenters. The van der Waals surface area contributed by atoms with Gasteiger partial charge in [0.15, 0.2) is 0 Å². The minimum atomic E-state index is 0.580. The molecule has 0 aliphatic heterocycles. The first-order valence-electron chi connectivity index (χ1n) is 6.94. The van der Waals surface area contributed by atoms with Gasteiger partial charge in [0.1, 0.15) is 0 Å². The molecule has 0 saturated heterocycles. The normalized spacial score (nSPS) is 12.9. The van der Waals surface area contributed by atoms with Gasteiger partial charge in [0, 0.05) is 14.6 Å². The van der Waals surface area contributed by atoms with Gasteiger partial charge in [-0.25, -0.2) is 0 Å². The predicted molar refractivity (Wildman–Crippen MR) is 83.3 cm³/mol. The summed E-state index contributed by atoms with van der Waals surface area (Å²) >= 11 is 5.73. The number of rotatable bonds is 9. The Morgan fingerprint density at radius 1 is 1.06 bits per heavy atom. The third kappa shape index (κ3) is 6.61. The lowest BCUT2D eigenvalue weighted by Gasteiger charge is -2.07. The molecule has 1 rings (SSSR count). The number of aryl methyl sites for hydroxylation is 1. The molecule has 0 amide bonds. The van der Waals surface area contributed by atoms with Gasteiger partial charge in [0.2, 0.25) is 0 Å². The maximum absolute atomic E-state index is 3.80. The van der Waals surface area contributed by atoms with Gasteiger partial charge >= 0.3 is 0 Å². The van der Waals surface area contributed by atoms with E-state index in [1.165, 1.54) is 61.1 Å². The first-order chi connectivity index (χ1) is 8.24. The van der Waals surface area contributed by atoms with Crippen LogP contribution in [0.4, 0.5) is 0 Å². The fraction of sp³-hybridized carbons (Fsp3) is 0.733. The maximum atomic E-state index is 3.80. The van der Waals surface area contributed by atoms with Gasteiger partial charge in [-0.1, -0.05) is 67.8 Å². The molecule has 2 heteroatoms. The molecule has 0 radical (unpaired) electrons. The van der Waals surface area contributed by atoms with Crippen LogP contribution in [0, 0.1) is 6.92 Å². The third-order valence-corrected chi connectivity index (χ3v) is 5.50. The van der Waals surface area contributed by atoms with Crippen LogP contribution in [0.25, 0.3) is 0 Å². The van der Waals surface area contributed by atoms with Crippen molar-refractivity contribution in [2.75, 3.05) is 0 Å². The van der Waals surface area contributed by atoms with Gasteiger partial charge in [-0.3, -0.25) is 0 Å². The zero-order chi connectivity index (χ0) is 12.5. The molecule has 1 unspecified atom stereocenters. The molecular weight excluding hydrogens is 292 g/mol. The number of thiophene rings is 1. The number of halogens is 1. The highest BCUT2D eigenvalue weighted by Crippen LogP contribution is 2.33. The van der Waals surface area contributed by atoms with E-state index < -0.39 is 0 Å². The lowest BCUT2D eigenvalue weighted by atomic mass is 10.1. The first-order valence-corrected chi connectivity index (χ1v) is 8.67. The maximum Gasteiger partial charge on any atom is 0.0489 e. The molecule has 0 N–H and O–H groups in total. The topological polar surface area (TPSA) is 0 Å². The summed E-state index contributed by atoms with van der Waals surface area (Å²) in [5.41, 5.74) is 0. The molecule has 0 aliphatic rings. The average Bonchev–Trinajstić information content (AvgIpc) is 2.74. The Labute approximate surface area is 119 Å². The first kappa shape index (κ1) is 15.2. The van der Waals surface area contributed by atoms with Crippen LogP contribution in [0.2, 0.25) is 0 Å². The van der Waals surface area contributed by atoms with Crippen molar-refractivity contribution in [1.82, 2.24) is 0 Å². The minimum absolute atomic E-state index is 0.580. The van der Waals surface area contributed by atoms with Crippen LogP contribution in [0.3, 0.4) is 0 Å². The molecule has 0 nitrogen and oxygen atoms in total. The van der Waals surface area contributed by atoms with Crippen molar-refractivity contribution in [2.45, 2.75) is 70.0 Å². The third-order valence-electron chi connectivity index (χ3n) is 3.13. The summed E-state index contributed by atoms with van der Waals surface area (Å²) in [6, 6.07) is 4.49. The summed E-state index contributed by atoms with van der Waals surface area (Å²) < 4.78 is 0. The summed E-state index contributed by atoms with van der Waals surface area (Å²) in [7, 11) is 0. The van der Waals surface area contributed by atoms with Crippen molar-refractivity contribution >= 4 is 27.3 Å². The van der Waals surface area contributed by atoms with Crippen LogP contribution in [0.1, 0.15) is 72.9 Å². The van der Waals surface area contributed by atoms with E-state index in [0.717, 1.165) is 0 Å². The molecule has 0 aliphatic carbocycles. The predicted octanol–water partition coefficient (Wildman–Crippen LogP) is 6.63. The van der Waals surface area contributed by atoms with E-state index in [1.54, 1.807) is 0 Å². The van der Waals surface area contributed by atoms with Gasteiger partial charge in [-0.2, -0.15) is 0 Å². The molecule has 98 valence electrons. The van der Waals surface area contributed by atoms with Crippen LogP contribution < -0.4 is 0 Å². The van der Waals surface area contributed by atoms with Crippen molar-refractivity contribution in [1.29, 1.82) is 0 Å². The highest BCUT2D eigenvalue weighted by Gasteiger charge is 2.08. The van der Waals surface area contributed by atoms with E-state index in [1.807, 2.05) is 11.3 Å². The Morgan fingerprint density at radius 2 is 1.71 bits per heavy atom. The highest BCUT2D eigenvalue weighted by atomic mass is 79.9. The fourth-order valence-electron chi connectivity index (χ4n) is 2.04. The van der Waals surface area contributed by atoms with Crippen molar-refractivity contribution < 1.29 is 0 Å². The van der Waals surface area contributed by atoms with Gasteiger partial charge in [0.25, 0.3) is 0 Å². The number of alkyl halides is 1. The molecule has 0 bridgehead atoms.